The molecule has 2 aromatic rings. The summed E-state index contributed by atoms with van der Waals surface area (Å²) in [6, 6.07) is 1.63. The minimum atomic E-state index is -0.231. The molecule has 0 unspecified atom stereocenters. The fourth-order valence-corrected chi connectivity index (χ4v) is 3.56. The number of rotatable bonds is 2. The maximum Gasteiger partial charge on any atom is 0.281 e. The van der Waals surface area contributed by atoms with E-state index in [9.17, 15) is 4.79 Å². The second-order valence-corrected chi connectivity index (χ2v) is 6.45. The number of halogens is 2. The molecule has 0 fully saturated rings. The molecule has 0 saturated heterocycles. The molecule has 1 aliphatic heterocycles. The van der Waals surface area contributed by atoms with Crippen LogP contribution in [0.2, 0.25) is 8.67 Å². The molecule has 0 amide bonds. The lowest BCUT2D eigenvalue weighted by molar-refractivity contribution is 0.741. The van der Waals surface area contributed by atoms with Crippen molar-refractivity contribution in [3.63, 3.8) is 0 Å². The van der Waals surface area contributed by atoms with Gasteiger partial charge < -0.3 is 4.90 Å². The van der Waals surface area contributed by atoms with E-state index in [0.29, 0.717) is 39.8 Å². The number of aromatic nitrogens is 3. The molecule has 2 aromatic heterocycles. The van der Waals surface area contributed by atoms with Crippen molar-refractivity contribution in [1.29, 1.82) is 0 Å². The quantitative estimate of drug-likeness (QED) is 0.793. The van der Waals surface area contributed by atoms with Crippen LogP contribution in [0.5, 0.6) is 0 Å². The lowest BCUT2D eigenvalue weighted by Crippen LogP contribution is -2.25. The fraction of sp³-hybridized carbons (Fsp3) is 0.250. The SMILES string of the molecule is C#CCN1CCn2c1nnc(-c1cc(Cl)sc1Cl)c2=O. The smallest absolute Gasteiger partial charge is 0.281 e. The third-order valence-electron chi connectivity index (χ3n) is 3.00. The molecule has 0 saturated carbocycles. The molecular weight excluding hydrogens is 319 g/mol. The number of hydrogen-bond donors (Lipinski definition) is 0. The molecule has 5 nitrogen and oxygen atoms in total. The van der Waals surface area contributed by atoms with Crippen LogP contribution in [0, 0.1) is 12.3 Å². The van der Waals surface area contributed by atoms with Crippen molar-refractivity contribution in [2.45, 2.75) is 6.54 Å². The molecule has 3 heterocycles. The van der Waals surface area contributed by atoms with E-state index >= 15 is 0 Å². The summed E-state index contributed by atoms with van der Waals surface area (Å²) < 4.78 is 2.49. The summed E-state index contributed by atoms with van der Waals surface area (Å²) in [7, 11) is 0. The number of thiophene rings is 1. The Morgan fingerprint density at radius 2 is 2.20 bits per heavy atom. The van der Waals surface area contributed by atoms with Gasteiger partial charge in [0.15, 0.2) is 5.69 Å². The van der Waals surface area contributed by atoms with Crippen molar-refractivity contribution >= 4 is 40.5 Å². The van der Waals surface area contributed by atoms with Crippen LogP contribution >= 0.6 is 34.5 Å². The third-order valence-corrected chi connectivity index (χ3v) is 4.49. The van der Waals surface area contributed by atoms with Gasteiger partial charge in [-0.2, -0.15) is 0 Å². The predicted molar refractivity (Wildman–Crippen MR) is 80.7 cm³/mol. The summed E-state index contributed by atoms with van der Waals surface area (Å²) in [6.45, 7) is 1.59. The Hall–Kier alpha value is -1.55. The van der Waals surface area contributed by atoms with Crippen LogP contribution in [0.15, 0.2) is 10.9 Å². The molecule has 1 aliphatic rings. The molecular formula is C12H8Cl2N4OS. The van der Waals surface area contributed by atoms with Gasteiger partial charge >= 0.3 is 0 Å². The Morgan fingerprint density at radius 1 is 1.40 bits per heavy atom. The first-order chi connectivity index (χ1) is 9.61. The molecule has 0 aliphatic carbocycles. The molecule has 0 radical (unpaired) electrons. The maximum absolute atomic E-state index is 12.5. The number of hydrogen-bond acceptors (Lipinski definition) is 5. The Balaban J connectivity index is 2.12. The summed E-state index contributed by atoms with van der Waals surface area (Å²) in [5.41, 5.74) is 0.500. The summed E-state index contributed by atoms with van der Waals surface area (Å²) in [5, 5.41) is 8.09. The van der Waals surface area contributed by atoms with Crippen LogP contribution < -0.4 is 10.5 Å². The van der Waals surface area contributed by atoms with Crippen LogP contribution in [0.4, 0.5) is 5.95 Å². The molecule has 8 heteroatoms. The lowest BCUT2D eigenvalue weighted by atomic mass is 10.2. The summed E-state index contributed by atoms with van der Waals surface area (Å²) in [6.07, 6.45) is 5.29. The highest BCUT2D eigenvalue weighted by molar-refractivity contribution is 7.20. The minimum absolute atomic E-state index is 0.212. The first kappa shape index (κ1) is 13.4. The van der Waals surface area contributed by atoms with E-state index in [4.69, 9.17) is 29.6 Å². The van der Waals surface area contributed by atoms with E-state index in [1.807, 2.05) is 4.90 Å². The van der Waals surface area contributed by atoms with Gasteiger partial charge in [0.2, 0.25) is 5.95 Å². The molecule has 20 heavy (non-hydrogen) atoms. The van der Waals surface area contributed by atoms with Gasteiger partial charge in [0.25, 0.3) is 5.56 Å². The van der Waals surface area contributed by atoms with Crippen LogP contribution in [0.25, 0.3) is 11.3 Å². The standard InChI is InChI=1S/C12H8Cl2N4OS/c1-2-3-17-4-5-18-11(19)9(15-16-12(17)18)7-6-8(13)20-10(7)14/h1,6H,3-5H2. The molecule has 0 N–H and O–H groups in total. The Morgan fingerprint density at radius 3 is 2.85 bits per heavy atom. The van der Waals surface area contributed by atoms with Gasteiger partial charge in [-0.3, -0.25) is 9.36 Å². The molecule has 0 aromatic carbocycles. The average molecular weight is 327 g/mol. The van der Waals surface area contributed by atoms with Gasteiger partial charge in [0.1, 0.15) is 4.34 Å². The zero-order valence-corrected chi connectivity index (χ0v) is 12.5. The zero-order chi connectivity index (χ0) is 14.3. The van der Waals surface area contributed by atoms with E-state index in [0.717, 1.165) is 0 Å². The van der Waals surface area contributed by atoms with Crippen molar-refractivity contribution in [2.75, 3.05) is 18.0 Å². The highest BCUT2D eigenvalue weighted by Crippen LogP contribution is 2.36. The van der Waals surface area contributed by atoms with Gasteiger partial charge in [-0.15, -0.1) is 28.0 Å². The summed E-state index contributed by atoms with van der Waals surface area (Å²) in [5.74, 6) is 3.03. The second-order valence-electron chi connectivity index (χ2n) is 4.17. The molecule has 3 rings (SSSR count). The Labute approximate surface area is 128 Å². The van der Waals surface area contributed by atoms with Gasteiger partial charge in [0, 0.05) is 18.7 Å². The van der Waals surface area contributed by atoms with E-state index in [2.05, 4.69) is 16.1 Å². The number of terminal acetylenes is 1. The van der Waals surface area contributed by atoms with Crippen molar-refractivity contribution in [3.05, 3.63) is 25.1 Å². The van der Waals surface area contributed by atoms with Crippen LogP contribution in [-0.4, -0.2) is 27.9 Å². The lowest BCUT2D eigenvalue weighted by Gasteiger charge is -2.12. The van der Waals surface area contributed by atoms with E-state index in [-0.39, 0.29) is 11.3 Å². The molecule has 0 bridgehead atoms. The first-order valence-corrected chi connectivity index (χ1v) is 7.30. The monoisotopic (exact) mass is 326 g/mol. The molecule has 0 atom stereocenters. The highest BCUT2D eigenvalue weighted by atomic mass is 35.5. The third kappa shape index (κ3) is 2.08. The van der Waals surface area contributed by atoms with Gasteiger partial charge in [-0.25, -0.2) is 0 Å². The average Bonchev–Trinajstić information content (AvgIpc) is 2.95. The predicted octanol–water partition coefficient (Wildman–Crippen LogP) is 2.13. The van der Waals surface area contributed by atoms with Crippen LogP contribution in [0.1, 0.15) is 0 Å². The first-order valence-electron chi connectivity index (χ1n) is 5.73. The number of anilines is 1. The summed E-state index contributed by atoms with van der Waals surface area (Å²) in [4.78, 5) is 14.3. The highest BCUT2D eigenvalue weighted by Gasteiger charge is 2.25. The van der Waals surface area contributed by atoms with Gasteiger partial charge in [0.05, 0.1) is 10.9 Å². The summed E-state index contributed by atoms with van der Waals surface area (Å²) >= 11 is 13.2. The van der Waals surface area contributed by atoms with Gasteiger partial charge in [-0.1, -0.05) is 29.1 Å². The number of nitrogens with zero attached hydrogens (tertiary/aromatic N) is 4. The molecule has 0 spiro atoms. The van der Waals surface area contributed by atoms with Crippen molar-refractivity contribution in [1.82, 2.24) is 14.8 Å². The number of fused-ring (bicyclic) bond motifs is 1. The zero-order valence-electron chi connectivity index (χ0n) is 10.1. The maximum atomic E-state index is 12.5. The Bertz CT molecular complexity index is 777. The molecule has 102 valence electrons. The van der Waals surface area contributed by atoms with Crippen LogP contribution in [0.3, 0.4) is 0 Å². The largest absolute Gasteiger partial charge is 0.328 e. The van der Waals surface area contributed by atoms with E-state index < -0.39 is 0 Å². The van der Waals surface area contributed by atoms with Crippen molar-refractivity contribution in [3.8, 4) is 23.6 Å². The topological polar surface area (TPSA) is 51.0 Å². The Kier molecular flexibility index (Phi) is 3.42. The van der Waals surface area contributed by atoms with Gasteiger partial charge in [-0.05, 0) is 6.07 Å². The van der Waals surface area contributed by atoms with E-state index in [1.54, 1.807) is 10.6 Å². The van der Waals surface area contributed by atoms with E-state index in [1.165, 1.54) is 11.3 Å². The van der Waals surface area contributed by atoms with Crippen molar-refractivity contribution in [2.24, 2.45) is 0 Å². The second kappa shape index (κ2) is 5.09. The van der Waals surface area contributed by atoms with Crippen molar-refractivity contribution < 1.29 is 0 Å². The normalized spacial score (nSPS) is 13.3. The fourth-order valence-electron chi connectivity index (χ4n) is 2.10. The van der Waals surface area contributed by atoms with Crippen LogP contribution in [-0.2, 0) is 6.54 Å². The minimum Gasteiger partial charge on any atom is -0.328 e.